The number of benzene rings is 2. The van der Waals surface area contributed by atoms with E-state index < -0.39 is 0 Å². The summed E-state index contributed by atoms with van der Waals surface area (Å²) >= 11 is 8.12. The van der Waals surface area contributed by atoms with Gasteiger partial charge in [-0.1, -0.05) is 72.5 Å². The van der Waals surface area contributed by atoms with Crippen molar-refractivity contribution in [3.8, 4) is 5.75 Å². The van der Waals surface area contributed by atoms with Gasteiger partial charge in [0.1, 0.15) is 15.8 Å². The number of aryl methyl sites for hydroxylation is 1. The molecule has 148 valence electrons. The van der Waals surface area contributed by atoms with Crippen LogP contribution in [0.3, 0.4) is 0 Å². The summed E-state index contributed by atoms with van der Waals surface area (Å²) in [6, 6.07) is 20.6. The highest BCUT2D eigenvalue weighted by Gasteiger charge is 2.33. The summed E-state index contributed by atoms with van der Waals surface area (Å²) in [5.41, 5.74) is 4.44. The highest BCUT2D eigenvalue weighted by atomic mass is 32.2. The molecule has 0 aliphatic carbocycles. The summed E-state index contributed by atoms with van der Waals surface area (Å²) in [5.74, 6) is 1.42. The Labute approximate surface area is 188 Å². The van der Waals surface area contributed by atoms with E-state index in [-0.39, 0.29) is 11.8 Å². The van der Waals surface area contributed by atoms with Gasteiger partial charge in [-0.25, -0.2) is 0 Å². The van der Waals surface area contributed by atoms with Gasteiger partial charge in [-0.3, -0.25) is 4.79 Å². The van der Waals surface area contributed by atoms with Crippen molar-refractivity contribution in [1.82, 2.24) is 5.32 Å². The molecule has 1 N–H and O–H groups in total. The fourth-order valence-electron chi connectivity index (χ4n) is 3.84. The molecule has 30 heavy (non-hydrogen) atoms. The summed E-state index contributed by atoms with van der Waals surface area (Å²) in [7, 11) is 0. The molecule has 2 aliphatic rings. The van der Waals surface area contributed by atoms with Gasteiger partial charge >= 0.3 is 0 Å². The molecule has 6 heteroatoms. The van der Waals surface area contributed by atoms with Crippen molar-refractivity contribution < 1.29 is 9.53 Å². The van der Waals surface area contributed by atoms with Crippen LogP contribution in [0.25, 0.3) is 5.76 Å². The third-order valence-corrected chi connectivity index (χ3v) is 7.22. The standard InChI is InChI=1S/C24H17NO2S3/c1-14-7-2-3-8-15(14)21-16-9-4-5-10-18(16)27-22(19-11-6-12-29-19)17(21)13-20-23(26)25-24(28)30-20/h2-13,21H,1H3,(H,25,26,28)/b20-13-/t21-/m0/s1. The molecule has 2 aliphatic heterocycles. The normalized spacial score (nSPS) is 19.6. The number of thioether (sulfide) groups is 1. The van der Waals surface area contributed by atoms with Crippen molar-refractivity contribution in [3.05, 3.63) is 104 Å². The molecule has 0 spiro atoms. The number of hydrogen-bond donors (Lipinski definition) is 1. The van der Waals surface area contributed by atoms with E-state index in [1.165, 1.54) is 22.9 Å². The summed E-state index contributed by atoms with van der Waals surface area (Å²) in [5, 5.41) is 4.75. The predicted molar refractivity (Wildman–Crippen MR) is 128 cm³/mol. The number of fused-ring (bicyclic) bond motifs is 1. The van der Waals surface area contributed by atoms with Gasteiger partial charge in [-0.15, -0.1) is 11.3 Å². The van der Waals surface area contributed by atoms with E-state index in [9.17, 15) is 4.79 Å². The Hall–Kier alpha value is -2.67. The second-order valence-corrected chi connectivity index (χ2v) is 9.71. The summed E-state index contributed by atoms with van der Waals surface area (Å²) < 4.78 is 6.91. The predicted octanol–water partition coefficient (Wildman–Crippen LogP) is 6.02. The third-order valence-electron chi connectivity index (χ3n) is 5.19. The Kier molecular flexibility index (Phi) is 5.06. The van der Waals surface area contributed by atoms with Gasteiger partial charge < -0.3 is 10.1 Å². The van der Waals surface area contributed by atoms with Crippen LogP contribution in [-0.4, -0.2) is 10.2 Å². The molecule has 3 nitrogen and oxygen atoms in total. The summed E-state index contributed by atoms with van der Waals surface area (Å²) in [6.45, 7) is 2.12. The maximum Gasteiger partial charge on any atom is 0.263 e. The van der Waals surface area contributed by atoms with Crippen LogP contribution in [0.1, 0.15) is 27.5 Å². The first-order chi connectivity index (χ1) is 14.6. The van der Waals surface area contributed by atoms with Gasteiger partial charge in [0, 0.05) is 17.1 Å². The van der Waals surface area contributed by atoms with E-state index in [4.69, 9.17) is 17.0 Å². The lowest BCUT2D eigenvalue weighted by molar-refractivity contribution is -0.115. The molecule has 1 aromatic heterocycles. The van der Waals surface area contributed by atoms with Gasteiger partial charge in [0.15, 0.2) is 0 Å². The Morgan fingerprint density at radius 3 is 2.50 bits per heavy atom. The second-order valence-electron chi connectivity index (χ2n) is 7.04. The molecule has 5 rings (SSSR count). The lowest BCUT2D eigenvalue weighted by atomic mass is 9.80. The lowest BCUT2D eigenvalue weighted by Gasteiger charge is -2.30. The first kappa shape index (κ1) is 19.3. The number of para-hydroxylation sites is 1. The average molecular weight is 448 g/mol. The van der Waals surface area contributed by atoms with E-state index in [0.29, 0.717) is 9.23 Å². The number of amides is 1. The molecule has 1 saturated heterocycles. The molecular weight excluding hydrogens is 430 g/mol. The van der Waals surface area contributed by atoms with Crippen LogP contribution >= 0.6 is 35.3 Å². The van der Waals surface area contributed by atoms with Crippen molar-refractivity contribution in [1.29, 1.82) is 0 Å². The molecule has 1 amide bonds. The molecule has 0 bridgehead atoms. The van der Waals surface area contributed by atoms with Crippen LogP contribution in [0.5, 0.6) is 5.75 Å². The molecule has 3 aromatic rings. The summed E-state index contributed by atoms with van der Waals surface area (Å²) in [4.78, 5) is 14.1. The number of ether oxygens (including phenoxy) is 1. The van der Waals surface area contributed by atoms with Crippen LogP contribution in [0, 0.1) is 6.92 Å². The topological polar surface area (TPSA) is 38.3 Å². The van der Waals surface area contributed by atoms with Crippen LogP contribution in [-0.2, 0) is 4.79 Å². The fraction of sp³-hybridized carbons (Fsp3) is 0.0833. The first-order valence-corrected chi connectivity index (χ1v) is 11.6. The molecule has 0 saturated carbocycles. The number of thiophene rings is 1. The minimum Gasteiger partial charge on any atom is -0.455 e. The van der Waals surface area contributed by atoms with Crippen LogP contribution < -0.4 is 10.1 Å². The average Bonchev–Trinajstić information content (AvgIpc) is 3.38. The van der Waals surface area contributed by atoms with Crippen molar-refractivity contribution in [2.75, 3.05) is 0 Å². The van der Waals surface area contributed by atoms with E-state index >= 15 is 0 Å². The van der Waals surface area contributed by atoms with E-state index in [1.54, 1.807) is 11.3 Å². The Morgan fingerprint density at radius 1 is 1.03 bits per heavy atom. The Morgan fingerprint density at radius 2 is 1.80 bits per heavy atom. The minimum absolute atomic E-state index is 0.0525. The van der Waals surface area contributed by atoms with E-state index in [1.807, 2.05) is 47.9 Å². The number of thiocarbonyl (C=S) groups is 1. The zero-order chi connectivity index (χ0) is 20.7. The van der Waals surface area contributed by atoms with E-state index in [0.717, 1.165) is 27.5 Å². The number of hydrogen-bond acceptors (Lipinski definition) is 5. The van der Waals surface area contributed by atoms with Crippen LogP contribution in [0.2, 0.25) is 0 Å². The Balaban J connectivity index is 1.79. The largest absolute Gasteiger partial charge is 0.455 e. The highest BCUT2D eigenvalue weighted by Crippen LogP contribution is 2.48. The summed E-state index contributed by atoms with van der Waals surface area (Å²) in [6.07, 6.45) is 1.95. The Bertz CT molecular complexity index is 1220. The SMILES string of the molecule is Cc1ccccc1[C@@H]1C(/C=C2\SC(=S)NC2=O)=C(c2cccs2)Oc2ccccc21. The number of carbonyl (C=O) groups is 1. The van der Waals surface area contributed by atoms with Crippen LogP contribution in [0.15, 0.2) is 82.6 Å². The number of rotatable bonds is 3. The molecule has 0 unspecified atom stereocenters. The fourth-order valence-corrected chi connectivity index (χ4v) is 5.60. The maximum atomic E-state index is 12.5. The molecule has 1 fully saturated rings. The smallest absolute Gasteiger partial charge is 0.263 e. The van der Waals surface area contributed by atoms with Crippen LogP contribution in [0.4, 0.5) is 0 Å². The van der Waals surface area contributed by atoms with Crippen molar-refractivity contribution in [2.24, 2.45) is 0 Å². The minimum atomic E-state index is -0.162. The number of nitrogens with one attached hydrogen (secondary N) is 1. The quantitative estimate of drug-likeness (QED) is 0.393. The molecule has 0 radical (unpaired) electrons. The van der Waals surface area contributed by atoms with Crippen molar-refractivity contribution in [2.45, 2.75) is 12.8 Å². The molecule has 1 atom stereocenters. The highest BCUT2D eigenvalue weighted by molar-refractivity contribution is 8.26. The zero-order valence-corrected chi connectivity index (χ0v) is 18.5. The van der Waals surface area contributed by atoms with Gasteiger partial charge in [0.2, 0.25) is 0 Å². The third kappa shape index (κ3) is 3.41. The van der Waals surface area contributed by atoms with Gasteiger partial charge in [0.05, 0.1) is 9.78 Å². The maximum absolute atomic E-state index is 12.5. The van der Waals surface area contributed by atoms with Crippen molar-refractivity contribution in [3.63, 3.8) is 0 Å². The number of carbonyl (C=O) groups excluding carboxylic acids is 1. The monoisotopic (exact) mass is 447 g/mol. The van der Waals surface area contributed by atoms with E-state index in [2.05, 4.69) is 36.5 Å². The molecular formula is C24H17NO2S3. The zero-order valence-electron chi connectivity index (χ0n) is 16.0. The first-order valence-electron chi connectivity index (χ1n) is 9.47. The number of allylic oxidation sites excluding steroid dienone is 2. The molecule has 2 aromatic carbocycles. The van der Waals surface area contributed by atoms with Gasteiger partial charge in [-0.05, 0) is 41.6 Å². The molecule has 3 heterocycles. The lowest BCUT2D eigenvalue weighted by Crippen LogP contribution is -2.19. The second kappa shape index (κ2) is 7.87. The van der Waals surface area contributed by atoms with Gasteiger partial charge in [0.25, 0.3) is 5.91 Å². The van der Waals surface area contributed by atoms with Gasteiger partial charge in [-0.2, -0.15) is 0 Å². The van der Waals surface area contributed by atoms with Crippen molar-refractivity contribution >= 4 is 51.3 Å².